The molecule has 12 rings (SSSR count). The normalized spacial score (nSPS) is 13.6. The molecule has 0 spiro atoms. The van der Waals surface area contributed by atoms with Crippen LogP contribution in [0.25, 0.3) is 83.3 Å². The minimum atomic E-state index is 0.000610. The first kappa shape index (κ1) is 40.1. The Morgan fingerprint density at radius 2 is 1.22 bits per heavy atom. The molecule has 0 unspecified atom stereocenters. The quantitative estimate of drug-likeness (QED) is 0.172. The number of pyridine rings is 1. The maximum atomic E-state index is 7.07. The van der Waals surface area contributed by atoms with Gasteiger partial charge in [-0.25, -0.2) is 0 Å². The summed E-state index contributed by atoms with van der Waals surface area (Å²) in [6.45, 7) is 18.1. The number of aryl methyl sites for hydroxylation is 3. The molecule has 0 bridgehead atoms. The molecule has 1 aliphatic carbocycles. The second kappa shape index (κ2) is 14.3. The Morgan fingerprint density at radius 3 is 1.92 bits per heavy atom. The Morgan fingerprint density at radius 1 is 0.554 bits per heavy atom. The number of para-hydroxylation sites is 4. The molecule has 7 heteroatoms. The van der Waals surface area contributed by atoms with Crippen molar-refractivity contribution in [3.8, 4) is 22.9 Å². The third-order valence-electron chi connectivity index (χ3n) is 13.8. The number of ether oxygens (including phenoxy) is 1. The van der Waals surface area contributed by atoms with Crippen molar-refractivity contribution in [3.63, 3.8) is 0 Å². The van der Waals surface area contributed by atoms with E-state index in [2.05, 4.69) is 226 Å². The van der Waals surface area contributed by atoms with Gasteiger partial charge in [-0.05, 0) is 24.6 Å². The number of fused-ring (bicyclic) bond motifs is 10. The second-order valence-electron chi connectivity index (χ2n) is 20.2. The van der Waals surface area contributed by atoms with Gasteiger partial charge in [-0.1, -0.05) is 36.4 Å². The van der Waals surface area contributed by atoms with Crippen LogP contribution in [-0.4, -0.2) is 23.1 Å². The van der Waals surface area contributed by atoms with Crippen molar-refractivity contribution in [1.82, 2.24) is 23.1 Å². The second-order valence-corrected chi connectivity index (χ2v) is 21.2. The number of benzene rings is 6. The molecule has 6 aromatic carbocycles. The van der Waals surface area contributed by atoms with Gasteiger partial charge in [-0.3, -0.25) is 0 Å². The van der Waals surface area contributed by atoms with E-state index in [-0.39, 0.29) is 10.8 Å². The van der Waals surface area contributed by atoms with Crippen molar-refractivity contribution in [3.05, 3.63) is 177 Å². The van der Waals surface area contributed by atoms with Crippen LogP contribution in [0.1, 0.15) is 81.5 Å². The molecule has 0 N–H and O–H groups in total. The van der Waals surface area contributed by atoms with E-state index in [9.17, 15) is 0 Å². The molecule has 6 nitrogen and oxygen atoms in total. The van der Waals surface area contributed by atoms with Gasteiger partial charge in [0.1, 0.15) is 0 Å². The Balaban J connectivity index is 1.00. The first-order valence-electron chi connectivity index (χ1n) is 22.7. The minimum absolute atomic E-state index is 0.000610. The summed E-state index contributed by atoms with van der Waals surface area (Å²) in [6.07, 6.45) is 5.85. The van der Waals surface area contributed by atoms with Crippen molar-refractivity contribution in [2.45, 2.75) is 79.1 Å². The zero-order valence-electron chi connectivity index (χ0n) is 38.2. The maximum absolute atomic E-state index is 7.07. The van der Waals surface area contributed by atoms with E-state index >= 15 is 0 Å². The molecule has 0 atom stereocenters. The molecule has 5 aromatic heterocycles. The summed E-state index contributed by atoms with van der Waals surface area (Å²) in [5, 5.41) is 6.43. The van der Waals surface area contributed by atoms with Gasteiger partial charge in [0, 0.05) is 27.7 Å². The van der Waals surface area contributed by atoms with Crippen LogP contribution in [0, 0.1) is 17.7 Å². The first-order chi connectivity index (χ1) is 31.2. The first-order valence-corrected chi connectivity index (χ1v) is 23.9. The third kappa shape index (κ3) is 6.17. The van der Waals surface area contributed by atoms with Crippen LogP contribution < -0.4 is 4.74 Å². The fourth-order valence-corrected chi connectivity index (χ4v) is 11.5. The summed E-state index contributed by atoms with van der Waals surface area (Å²) >= 11 is 2.52. The van der Waals surface area contributed by atoms with Crippen LogP contribution in [0.2, 0.25) is 0 Å². The number of imidazole rings is 1. The van der Waals surface area contributed by atoms with Gasteiger partial charge in [0.2, 0.25) is 0 Å². The van der Waals surface area contributed by atoms with Crippen molar-refractivity contribution < 1.29 is 24.1 Å². The van der Waals surface area contributed by atoms with Crippen LogP contribution >= 0.6 is 0 Å². The van der Waals surface area contributed by atoms with Gasteiger partial charge in [0.15, 0.2) is 0 Å². The predicted octanol–water partition coefficient (Wildman–Crippen LogP) is 14.6. The summed E-state index contributed by atoms with van der Waals surface area (Å²) < 4.78 is 17.8. The zero-order valence-corrected chi connectivity index (χ0v) is 40.4. The van der Waals surface area contributed by atoms with Crippen LogP contribution in [-0.2, 0) is 36.6 Å². The molecule has 324 valence electrons. The van der Waals surface area contributed by atoms with E-state index in [4.69, 9.17) is 9.72 Å². The van der Waals surface area contributed by atoms with E-state index in [1.807, 2.05) is 6.20 Å². The van der Waals surface area contributed by atoms with Crippen LogP contribution in [0.3, 0.4) is 0 Å². The van der Waals surface area contributed by atoms with Crippen molar-refractivity contribution in [2.24, 2.45) is 0 Å². The third-order valence-corrected chi connectivity index (χ3v) is 14.8. The topological polar surface area (TPSA) is 41.3 Å². The summed E-state index contributed by atoms with van der Waals surface area (Å²) in [7, 11) is 0. The van der Waals surface area contributed by atoms with E-state index in [1.54, 1.807) is 0 Å². The standard InChI is InChI=1S/C58H51N5O.Pt/c1-35-24-25-59-55(26-35)62-51-31-41(22-23-43(51)46-32-47-45-16-13-15-44-42-14-9-10-17-48(42)63(56(44)45)53(47)33-52(46)62)64-54-30-39(21-20-36(54)2)60-34-61(50-19-12-11-18-49(50)60)40-28-37(57(3,4)5)27-38(29-40)58(6,7)8;/h9-21,24-33H,22-23H2,1-8H3;. The summed E-state index contributed by atoms with van der Waals surface area (Å²) in [5.41, 5.74) is 16.8. The van der Waals surface area contributed by atoms with Gasteiger partial charge < -0.3 is 4.40 Å². The summed E-state index contributed by atoms with van der Waals surface area (Å²) in [4.78, 5) is 4.99. The molecule has 0 radical (unpaired) electrons. The van der Waals surface area contributed by atoms with Crippen molar-refractivity contribution in [2.75, 3.05) is 0 Å². The molecular weight excluding hydrogens is 978 g/mol. The molecule has 0 saturated heterocycles. The number of aromatic nitrogens is 5. The Kier molecular flexibility index (Phi) is 8.78. The Labute approximate surface area is 389 Å². The number of hydrogen-bond donors (Lipinski definition) is 0. The number of allylic oxidation sites excluding steroid dienone is 1. The number of hydrogen-bond acceptors (Lipinski definition) is 2. The van der Waals surface area contributed by atoms with Gasteiger partial charge in [0.25, 0.3) is 0 Å². The molecule has 0 fully saturated rings. The molecule has 11 aromatic rings. The average molecular weight is 1030 g/mol. The molecular formula is C58H51N5OPt. The van der Waals surface area contributed by atoms with E-state index < -0.39 is 0 Å². The van der Waals surface area contributed by atoms with Gasteiger partial charge in [-0.2, -0.15) is 0 Å². The van der Waals surface area contributed by atoms with Crippen LogP contribution in [0.5, 0.6) is 5.75 Å². The fourth-order valence-electron chi connectivity index (χ4n) is 10.3. The van der Waals surface area contributed by atoms with Gasteiger partial charge >= 0.3 is 282 Å². The number of rotatable bonds is 5. The molecule has 5 heterocycles. The number of nitrogens with zero attached hydrogens (tertiary/aromatic N) is 5. The van der Waals surface area contributed by atoms with Crippen LogP contribution in [0.4, 0.5) is 0 Å². The fraction of sp³-hybridized carbons (Fsp3) is 0.207. The zero-order chi connectivity index (χ0) is 44.7. The molecule has 1 aliphatic rings. The predicted molar refractivity (Wildman–Crippen MR) is 265 cm³/mol. The van der Waals surface area contributed by atoms with Crippen molar-refractivity contribution in [1.29, 1.82) is 0 Å². The Bertz CT molecular complexity index is 3840. The summed E-state index contributed by atoms with van der Waals surface area (Å²) in [5.74, 6) is 2.72. The molecule has 0 aliphatic heterocycles. The summed E-state index contributed by atoms with van der Waals surface area (Å²) in [6, 6.07) is 47.2. The molecule has 65 heavy (non-hydrogen) atoms. The van der Waals surface area contributed by atoms with E-state index in [0.717, 1.165) is 67.5 Å². The Hall–Kier alpha value is -6.49. The van der Waals surface area contributed by atoms with E-state index in [1.165, 1.54) is 71.4 Å². The monoisotopic (exact) mass is 1030 g/mol. The van der Waals surface area contributed by atoms with Crippen LogP contribution in [0.15, 0.2) is 139 Å². The van der Waals surface area contributed by atoms with E-state index in [0.29, 0.717) is 0 Å². The SMILES string of the molecule is Cc1ccnc(-n2c3c(c4cc5c6cccc7c8ccccc8n(c5cc42)c76)CCC(Oc2cc(-n4[c](=[Pt])n(-c5cc(C(C)(C)C)cc(C(C)(C)C)c5)c5ccccc54)ccc2C)=C3)c1. The van der Waals surface area contributed by atoms with Crippen molar-refractivity contribution >= 4 is 66.1 Å². The molecule has 0 amide bonds. The van der Waals surface area contributed by atoms with Gasteiger partial charge in [0.05, 0.1) is 16.6 Å². The average Bonchev–Trinajstić information content (AvgIpc) is 3.99. The van der Waals surface area contributed by atoms with Gasteiger partial charge in [-0.15, -0.1) is 0 Å². The molecule has 0 saturated carbocycles.